The Hall–Kier alpha value is -1.52. The van der Waals surface area contributed by atoms with E-state index < -0.39 is 19.2 Å². The van der Waals surface area contributed by atoms with E-state index in [0.29, 0.717) is 12.1 Å². The van der Waals surface area contributed by atoms with Crippen molar-refractivity contribution in [3.8, 4) is 0 Å². The molecule has 6 heteroatoms. The van der Waals surface area contributed by atoms with Gasteiger partial charge in [0.25, 0.3) is 0 Å². The third kappa shape index (κ3) is 4.74. The zero-order chi connectivity index (χ0) is 17.4. The summed E-state index contributed by atoms with van der Waals surface area (Å²) in [7, 11) is -3.51. The molecule has 0 saturated carbocycles. The molecule has 0 fully saturated rings. The van der Waals surface area contributed by atoms with Gasteiger partial charge in [0.15, 0.2) is 0 Å². The second-order valence-corrected chi connectivity index (χ2v) is 7.42. The van der Waals surface area contributed by atoms with Crippen LogP contribution in [-0.4, -0.2) is 13.2 Å². The van der Waals surface area contributed by atoms with Gasteiger partial charge in [-0.05, 0) is 26.0 Å². The highest BCUT2D eigenvalue weighted by Gasteiger charge is 2.41. The summed E-state index contributed by atoms with van der Waals surface area (Å²) in [4.78, 5) is 0. The number of nitrogens with two attached hydrogens (primary N) is 1. The Morgan fingerprint density at radius 2 is 1.58 bits per heavy atom. The Morgan fingerprint density at radius 3 is 2.17 bits per heavy atom. The SMILES string of the molecule is CCOP(=O)(OCC)[C@H]([NH2+]Cc1ccccc1)c1ccccc1F. The molecule has 130 valence electrons. The minimum Gasteiger partial charge on any atom is -0.326 e. The van der Waals surface area contributed by atoms with E-state index >= 15 is 0 Å². The Kier molecular flexibility index (Phi) is 7.13. The van der Waals surface area contributed by atoms with Gasteiger partial charge in [0, 0.05) is 5.56 Å². The molecule has 0 radical (unpaired) electrons. The fourth-order valence-electron chi connectivity index (χ4n) is 2.56. The summed E-state index contributed by atoms with van der Waals surface area (Å²) < 4.78 is 38.5. The summed E-state index contributed by atoms with van der Waals surface area (Å²) >= 11 is 0. The van der Waals surface area contributed by atoms with Gasteiger partial charge in [-0.1, -0.05) is 42.5 Å². The van der Waals surface area contributed by atoms with E-state index in [1.54, 1.807) is 32.0 Å². The smallest absolute Gasteiger partial charge is 0.326 e. The van der Waals surface area contributed by atoms with Crippen LogP contribution in [0.4, 0.5) is 4.39 Å². The molecular formula is C18H24FNO3P+. The standard InChI is InChI=1S/C18H23FNO3P/c1-3-22-24(21,23-4-2)18(16-12-8-9-13-17(16)19)20-14-15-10-6-5-7-11-15/h5-13,18,20H,3-4,14H2,1-2H3/p+1/t18-/m0/s1. The van der Waals surface area contributed by atoms with Gasteiger partial charge in [0.2, 0.25) is 5.78 Å². The Labute approximate surface area is 142 Å². The van der Waals surface area contributed by atoms with Gasteiger partial charge in [-0.3, -0.25) is 4.57 Å². The second-order valence-electron chi connectivity index (χ2n) is 5.27. The molecule has 2 N–H and O–H groups in total. The Bertz CT molecular complexity index is 671. The number of hydrogen-bond donors (Lipinski definition) is 1. The van der Waals surface area contributed by atoms with Crippen LogP contribution in [0.3, 0.4) is 0 Å². The molecular weight excluding hydrogens is 328 g/mol. The lowest BCUT2D eigenvalue weighted by molar-refractivity contribution is -0.693. The quantitative estimate of drug-likeness (QED) is 0.698. The van der Waals surface area contributed by atoms with Gasteiger partial charge in [-0.15, -0.1) is 0 Å². The lowest BCUT2D eigenvalue weighted by Crippen LogP contribution is -2.83. The van der Waals surface area contributed by atoms with E-state index in [4.69, 9.17) is 9.05 Å². The van der Waals surface area contributed by atoms with Gasteiger partial charge in [0.05, 0.1) is 18.8 Å². The number of quaternary nitrogens is 1. The molecule has 0 heterocycles. The third-order valence-electron chi connectivity index (χ3n) is 3.60. The minimum atomic E-state index is -3.51. The normalized spacial score (nSPS) is 13.0. The van der Waals surface area contributed by atoms with E-state index in [1.807, 2.05) is 35.6 Å². The first kappa shape index (κ1) is 18.8. The summed E-state index contributed by atoms with van der Waals surface area (Å²) in [6.45, 7) is 4.52. The molecule has 0 aliphatic rings. The number of halogens is 1. The van der Waals surface area contributed by atoms with Crippen molar-refractivity contribution in [2.24, 2.45) is 0 Å². The van der Waals surface area contributed by atoms with E-state index in [9.17, 15) is 8.96 Å². The molecule has 0 amide bonds. The molecule has 0 spiro atoms. The first-order valence-electron chi connectivity index (χ1n) is 8.11. The van der Waals surface area contributed by atoms with Crippen molar-refractivity contribution >= 4 is 7.60 Å². The topological polar surface area (TPSA) is 52.1 Å². The fourth-order valence-corrected chi connectivity index (χ4v) is 4.59. The first-order chi connectivity index (χ1) is 11.6. The van der Waals surface area contributed by atoms with Gasteiger partial charge in [0.1, 0.15) is 12.4 Å². The molecule has 0 unspecified atom stereocenters. The van der Waals surface area contributed by atoms with Crippen molar-refractivity contribution in [3.63, 3.8) is 0 Å². The summed E-state index contributed by atoms with van der Waals surface area (Å²) in [5.41, 5.74) is 1.39. The van der Waals surface area contributed by atoms with E-state index in [1.165, 1.54) is 6.07 Å². The van der Waals surface area contributed by atoms with Crippen LogP contribution in [0.1, 0.15) is 30.8 Å². The average molecular weight is 352 g/mol. The second kappa shape index (κ2) is 9.09. The zero-order valence-electron chi connectivity index (χ0n) is 14.0. The van der Waals surface area contributed by atoms with Crippen molar-refractivity contribution in [1.82, 2.24) is 0 Å². The monoisotopic (exact) mass is 352 g/mol. The van der Waals surface area contributed by atoms with E-state index in [2.05, 4.69) is 0 Å². The van der Waals surface area contributed by atoms with Crippen LogP contribution >= 0.6 is 7.60 Å². The predicted molar refractivity (Wildman–Crippen MR) is 92.1 cm³/mol. The molecule has 24 heavy (non-hydrogen) atoms. The molecule has 2 aromatic rings. The summed E-state index contributed by atoms with van der Waals surface area (Å²) in [5.74, 6) is -1.16. The van der Waals surface area contributed by atoms with Crippen LogP contribution < -0.4 is 5.32 Å². The molecule has 0 aromatic heterocycles. The number of rotatable bonds is 9. The zero-order valence-corrected chi connectivity index (χ0v) is 14.9. The van der Waals surface area contributed by atoms with Crippen molar-refractivity contribution in [3.05, 3.63) is 71.5 Å². The van der Waals surface area contributed by atoms with Crippen LogP contribution in [0, 0.1) is 5.82 Å². The minimum absolute atomic E-state index is 0.238. The summed E-state index contributed by atoms with van der Waals surface area (Å²) in [6.07, 6.45) is 0. The lowest BCUT2D eigenvalue weighted by atomic mass is 10.2. The van der Waals surface area contributed by atoms with Crippen LogP contribution in [0.25, 0.3) is 0 Å². The largest absolute Gasteiger partial charge is 0.392 e. The van der Waals surface area contributed by atoms with Crippen LogP contribution in [0.2, 0.25) is 0 Å². The molecule has 2 rings (SSSR count). The number of hydrogen-bond acceptors (Lipinski definition) is 3. The Morgan fingerprint density at radius 1 is 1.00 bits per heavy atom. The molecule has 4 nitrogen and oxygen atoms in total. The van der Waals surface area contributed by atoms with Gasteiger partial charge in [-0.25, -0.2) is 4.39 Å². The molecule has 0 saturated heterocycles. The van der Waals surface area contributed by atoms with E-state index in [-0.39, 0.29) is 13.2 Å². The highest BCUT2D eigenvalue weighted by molar-refractivity contribution is 7.53. The molecule has 0 aliphatic carbocycles. The first-order valence-corrected chi connectivity index (χ1v) is 9.72. The predicted octanol–water partition coefficient (Wildman–Crippen LogP) is 3.85. The number of benzene rings is 2. The lowest BCUT2D eigenvalue weighted by Gasteiger charge is -2.25. The van der Waals surface area contributed by atoms with Gasteiger partial charge >= 0.3 is 7.60 Å². The summed E-state index contributed by atoms with van der Waals surface area (Å²) in [6, 6.07) is 16.1. The fraction of sp³-hybridized carbons (Fsp3) is 0.333. The van der Waals surface area contributed by atoms with Crippen LogP contribution in [0.5, 0.6) is 0 Å². The van der Waals surface area contributed by atoms with Crippen LogP contribution in [-0.2, 0) is 20.2 Å². The van der Waals surface area contributed by atoms with Crippen molar-refractivity contribution in [1.29, 1.82) is 0 Å². The van der Waals surface area contributed by atoms with E-state index in [0.717, 1.165) is 5.56 Å². The highest BCUT2D eigenvalue weighted by Crippen LogP contribution is 2.57. The molecule has 2 aromatic carbocycles. The van der Waals surface area contributed by atoms with Crippen molar-refractivity contribution < 1.29 is 23.3 Å². The molecule has 1 atom stereocenters. The summed E-state index contributed by atoms with van der Waals surface area (Å²) in [5, 5.41) is 1.82. The van der Waals surface area contributed by atoms with Gasteiger partial charge < -0.3 is 14.4 Å². The van der Waals surface area contributed by atoms with Crippen molar-refractivity contribution in [2.75, 3.05) is 13.2 Å². The average Bonchev–Trinajstić information content (AvgIpc) is 2.58. The third-order valence-corrected chi connectivity index (χ3v) is 6.01. The maximum atomic E-state index is 14.3. The van der Waals surface area contributed by atoms with Gasteiger partial charge in [-0.2, -0.15) is 0 Å². The molecule has 0 bridgehead atoms. The van der Waals surface area contributed by atoms with Crippen molar-refractivity contribution in [2.45, 2.75) is 26.2 Å². The maximum Gasteiger partial charge on any atom is 0.392 e. The van der Waals surface area contributed by atoms with Crippen LogP contribution in [0.15, 0.2) is 54.6 Å². The Balaban J connectivity index is 2.33. The highest BCUT2D eigenvalue weighted by atomic mass is 31.2. The molecule has 0 aliphatic heterocycles. The maximum absolute atomic E-state index is 14.3.